The summed E-state index contributed by atoms with van der Waals surface area (Å²) in [7, 11) is 0. The van der Waals surface area contributed by atoms with E-state index in [1.807, 2.05) is 13.8 Å². The lowest BCUT2D eigenvalue weighted by Gasteiger charge is -2.40. The van der Waals surface area contributed by atoms with Crippen molar-refractivity contribution in [2.45, 2.75) is 39.2 Å². The number of hydrogen-bond donors (Lipinski definition) is 1. The number of carbonyl (C=O) groups is 2. The maximum Gasteiger partial charge on any atom is 0.573 e. The van der Waals surface area contributed by atoms with Crippen LogP contribution in [-0.4, -0.2) is 54.6 Å². The van der Waals surface area contributed by atoms with Crippen LogP contribution < -0.4 is 15.0 Å². The molecule has 2 aromatic rings. The number of alkyl halides is 4. The second-order valence-electron chi connectivity index (χ2n) is 8.94. The lowest BCUT2D eigenvalue weighted by Crippen LogP contribution is -2.57. The molecule has 11 heteroatoms. The highest BCUT2D eigenvalue weighted by molar-refractivity contribution is 6.30. The maximum absolute atomic E-state index is 13.9. The van der Waals surface area contributed by atoms with Crippen LogP contribution in [0.15, 0.2) is 42.5 Å². The number of rotatable bonds is 7. The van der Waals surface area contributed by atoms with Crippen molar-refractivity contribution in [3.8, 4) is 5.75 Å². The Kier molecular flexibility index (Phi) is 8.84. The Labute approximate surface area is 212 Å². The van der Waals surface area contributed by atoms with Gasteiger partial charge in [-0.15, -0.1) is 24.8 Å². The van der Waals surface area contributed by atoms with Crippen molar-refractivity contribution in [3.63, 3.8) is 0 Å². The Morgan fingerprint density at radius 1 is 1.19 bits per heavy atom. The number of nitrogens with one attached hydrogen (secondary N) is 1. The fraction of sp³-hybridized carbons (Fsp3) is 0.440. The summed E-state index contributed by atoms with van der Waals surface area (Å²) in [6.07, 6.45) is -4.89. The number of nitrogens with zero attached hydrogens (tertiary/aromatic N) is 2. The molecule has 0 aliphatic carbocycles. The number of hydrogen-bond acceptors (Lipinski definition) is 4. The van der Waals surface area contributed by atoms with Crippen LogP contribution in [0.4, 0.5) is 23.2 Å². The van der Waals surface area contributed by atoms with E-state index >= 15 is 0 Å². The summed E-state index contributed by atoms with van der Waals surface area (Å²) in [4.78, 5) is 29.9. The minimum atomic E-state index is -4.89. The van der Waals surface area contributed by atoms with Gasteiger partial charge in [-0.2, -0.15) is 0 Å². The van der Waals surface area contributed by atoms with Gasteiger partial charge in [-0.25, -0.2) is 4.39 Å². The molecule has 0 unspecified atom stereocenters. The van der Waals surface area contributed by atoms with Crippen LogP contribution in [0.3, 0.4) is 0 Å². The largest absolute Gasteiger partial charge is 0.573 e. The van der Waals surface area contributed by atoms with E-state index in [1.165, 1.54) is 42.2 Å². The van der Waals surface area contributed by atoms with Crippen molar-refractivity contribution in [1.82, 2.24) is 10.2 Å². The average Bonchev–Trinajstić information content (AvgIpc) is 2.82. The van der Waals surface area contributed by atoms with Crippen LogP contribution in [0.5, 0.6) is 5.75 Å². The van der Waals surface area contributed by atoms with E-state index < -0.39 is 41.7 Å². The molecule has 36 heavy (non-hydrogen) atoms. The summed E-state index contributed by atoms with van der Waals surface area (Å²) in [5.74, 6) is -2.26. The van der Waals surface area contributed by atoms with Gasteiger partial charge >= 0.3 is 6.36 Å². The Bertz CT molecular complexity index is 1080. The fourth-order valence-electron chi connectivity index (χ4n) is 4.22. The van der Waals surface area contributed by atoms with Gasteiger partial charge in [0.15, 0.2) is 0 Å². The van der Waals surface area contributed by atoms with Gasteiger partial charge in [0.05, 0.1) is 0 Å². The minimum Gasteiger partial charge on any atom is -0.406 e. The summed E-state index contributed by atoms with van der Waals surface area (Å²) in [6, 6.07) is 7.47. The van der Waals surface area contributed by atoms with Crippen molar-refractivity contribution in [2.75, 3.05) is 30.4 Å². The smallest absolute Gasteiger partial charge is 0.406 e. The number of ether oxygens (including phenoxy) is 1. The normalized spacial score (nSPS) is 17.1. The van der Waals surface area contributed by atoms with E-state index in [0.717, 1.165) is 12.1 Å². The van der Waals surface area contributed by atoms with Crippen LogP contribution in [0.1, 0.15) is 31.0 Å². The summed E-state index contributed by atoms with van der Waals surface area (Å²) in [6.45, 7) is 6.89. The summed E-state index contributed by atoms with van der Waals surface area (Å²) >= 11 is 5.92. The van der Waals surface area contributed by atoms with Crippen LogP contribution in [-0.2, 0) is 9.59 Å². The summed E-state index contributed by atoms with van der Waals surface area (Å²) < 4.78 is 55.8. The standard InChI is InChI=1S/C25H28ClF4N3O3/c1-15(2)20-14-32(11-10-31-20)24(35)23(17-4-6-18(27)7-5-17)33(22(34)13-26)21-9-8-19(12-16(21)3)36-25(28,29)30/h4-9,12,15,20,23,31H,10-11,13-14H2,1-3H3/t20-,23+/m1/s1. The van der Waals surface area contributed by atoms with Crippen LogP contribution in [0, 0.1) is 18.7 Å². The lowest BCUT2D eigenvalue weighted by atomic mass is 9.98. The zero-order valence-corrected chi connectivity index (χ0v) is 20.9. The number of carbonyl (C=O) groups excluding carboxylic acids is 2. The predicted molar refractivity (Wildman–Crippen MR) is 128 cm³/mol. The molecule has 1 aliphatic heterocycles. The number of anilines is 1. The van der Waals surface area contributed by atoms with Crippen LogP contribution >= 0.6 is 11.6 Å². The van der Waals surface area contributed by atoms with Gasteiger partial charge < -0.3 is 15.0 Å². The first-order chi connectivity index (χ1) is 16.9. The Balaban J connectivity index is 2.09. The second kappa shape index (κ2) is 11.5. The number of benzene rings is 2. The van der Waals surface area contributed by atoms with Gasteiger partial charge in [-0.3, -0.25) is 14.5 Å². The quantitative estimate of drug-likeness (QED) is 0.413. The molecule has 3 rings (SSSR count). The molecule has 0 bridgehead atoms. The molecule has 0 aromatic heterocycles. The highest BCUT2D eigenvalue weighted by Gasteiger charge is 2.38. The molecule has 2 aromatic carbocycles. The van der Waals surface area contributed by atoms with Crippen LogP contribution in [0.25, 0.3) is 0 Å². The Morgan fingerprint density at radius 2 is 1.86 bits per heavy atom. The highest BCUT2D eigenvalue weighted by Crippen LogP contribution is 2.35. The molecular formula is C25H28ClF4N3O3. The van der Waals surface area contributed by atoms with Crippen molar-refractivity contribution < 1.29 is 31.9 Å². The summed E-state index contributed by atoms with van der Waals surface area (Å²) in [5.41, 5.74) is 0.790. The third kappa shape index (κ3) is 6.67. The topological polar surface area (TPSA) is 61.9 Å². The van der Waals surface area contributed by atoms with Crippen LogP contribution in [0.2, 0.25) is 0 Å². The van der Waals surface area contributed by atoms with Crippen molar-refractivity contribution in [1.29, 1.82) is 0 Å². The molecular weight excluding hydrogens is 502 g/mol. The van der Waals surface area contributed by atoms with Gasteiger partial charge in [0.25, 0.3) is 5.91 Å². The zero-order chi connectivity index (χ0) is 26.6. The van der Waals surface area contributed by atoms with Gasteiger partial charge in [0.2, 0.25) is 5.91 Å². The molecule has 6 nitrogen and oxygen atoms in total. The number of aryl methyl sites for hydroxylation is 1. The number of halogens is 5. The average molecular weight is 530 g/mol. The maximum atomic E-state index is 13.9. The highest BCUT2D eigenvalue weighted by atomic mass is 35.5. The summed E-state index contributed by atoms with van der Waals surface area (Å²) in [5, 5.41) is 3.37. The monoisotopic (exact) mass is 529 g/mol. The van der Waals surface area contributed by atoms with Gasteiger partial charge in [-0.1, -0.05) is 26.0 Å². The molecule has 0 radical (unpaired) electrons. The van der Waals surface area contributed by atoms with E-state index in [-0.39, 0.29) is 23.2 Å². The zero-order valence-electron chi connectivity index (χ0n) is 20.1. The molecule has 1 aliphatic rings. The van der Waals surface area contributed by atoms with Crippen molar-refractivity contribution in [3.05, 3.63) is 59.4 Å². The van der Waals surface area contributed by atoms with Gasteiger partial charge in [0, 0.05) is 31.4 Å². The molecule has 196 valence electrons. The fourth-order valence-corrected chi connectivity index (χ4v) is 4.35. The lowest BCUT2D eigenvalue weighted by molar-refractivity contribution is -0.274. The first kappa shape index (κ1) is 27.7. The van der Waals surface area contributed by atoms with Crippen molar-refractivity contribution >= 4 is 29.1 Å². The third-order valence-corrected chi connectivity index (χ3v) is 6.27. The van der Waals surface area contributed by atoms with E-state index in [0.29, 0.717) is 25.2 Å². The number of piperazine rings is 1. The molecule has 2 atom stereocenters. The van der Waals surface area contributed by atoms with E-state index in [9.17, 15) is 27.2 Å². The predicted octanol–water partition coefficient (Wildman–Crippen LogP) is 4.80. The van der Waals surface area contributed by atoms with E-state index in [1.54, 1.807) is 4.90 Å². The SMILES string of the molecule is Cc1cc(OC(F)(F)F)ccc1N(C(=O)CCl)[C@H](C(=O)N1CCN[C@@H](C(C)C)C1)c1ccc(F)cc1. The van der Waals surface area contributed by atoms with Gasteiger partial charge in [-0.05, 0) is 54.3 Å². The molecule has 1 saturated heterocycles. The van der Waals surface area contributed by atoms with E-state index in [4.69, 9.17) is 11.6 Å². The minimum absolute atomic E-state index is 0.0364. The van der Waals surface area contributed by atoms with Gasteiger partial charge in [0.1, 0.15) is 23.5 Å². The second-order valence-corrected chi connectivity index (χ2v) is 9.20. The Morgan fingerprint density at radius 3 is 2.42 bits per heavy atom. The van der Waals surface area contributed by atoms with E-state index in [2.05, 4.69) is 10.1 Å². The molecule has 1 heterocycles. The third-order valence-electron chi connectivity index (χ3n) is 6.04. The molecule has 0 spiro atoms. The first-order valence-electron chi connectivity index (χ1n) is 11.4. The number of amides is 2. The van der Waals surface area contributed by atoms with Crippen molar-refractivity contribution in [2.24, 2.45) is 5.92 Å². The first-order valence-corrected chi connectivity index (χ1v) is 12.0. The molecule has 0 saturated carbocycles. The molecule has 2 amide bonds. The molecule has 1 fully saturated rings. The molecule has 1 N–H and O–H groups in total. The Hall–Kier alpha value is -2.85.